The number of para-hydroxylation sites is 2. The zero-order valence-electron chi connectivity index (χ0n) is 12.2. The normalized spacial score (nSPS) is 12.9. The molecule has 0 saturated carbocycles. The van der Waals surface area contributed by atoms with Crippen molar-refractivity contribution in [2.75, 3.05) is 0 Å². The molecule has 0 spiro atoms. The van der Waals surface area contributed by atoms with Crippen LogP contribution in [0.4, 0.5) is 0 Å². The van der Waals surface area contributed by atoms with E-state index in [1.165, 1.54) is 11.5 Å². The van der Waals surface area contributed by atoms with E-state index in [1.54, 1.807) is 0 Å². The summed E-state index contributed by atoms with van der Waals surface area (Å²) in [4.78, 5) is 5.47. The minimum atomic E-state index is -0.595. The Balaban J connectivity index is 1.87. The van der Waals surface area contributed by atoms with Gasteiger partial charge in [-0.25, -0.2) is 4.98 Å². The second kappa shape index (κ2) is 5.91. The van der Waals surface area contributed by atoms with Crippen LogP contribution in [0.25, 0.3) is 11.0 Å². The van der Waals surface area contributed by atoms with Crippen LogP contribution >= 0.6 is 11.5 Å². The molecular weight excluding hydrogens is 284 g/mol. The van der Waals surface area contributed by atoms with Gasteiger partial charge >= 0.3 is 0 Å². The van der Waals surface area contributed by atoms with Crippen LogP contribution in [0.1, 0.15) is 35.8 Å². The van der Waals surface area contributed by atoms with E-state index in [0.717, 1.165) is 40.3 Å². The van der Waals surface area contributed by atoms with E-state index in [2.05, 4.69) is 21.5 Å². The van der Waals surface area contributed by atoms with Crippen molar-refractivity contribution in [3.8, 4) is 0 Å². The second-order valence-corrected chi connectivity index (χ2v) is 5.92. The van der Waals surface area contributed by atoms with E-state index in [1.807, 2.05) is 35.9 Å². The number of hydrogen-bond donors (Lipinski definition) is 1. The summed E-state index contributed by atoms with van der Waals surface area (Å²) in [7, 11) is 1.98. The van der Waals surface area contributed by atoms with Crippen molar-refractivity contribution in [2.24, 2.45) is 7.05 Å². The molecule has 0 saturated heterocycles. The standard InChI is InChI=1S/C15H18N4OS/c1-3-6-11-15(21-18-17-11)13(20)9-14-16-10-7-4-5-8-12(10)19(14)2/h4-5,7-8,13,20H,3,6,9H2,1-2H3. The first-order valence-corrected chi connectivity index (χ1v) is 7.87. The first kappa shape index (κ1) is 14.2. The number of nitrogens with zero attached hydrogens (tertiary/aromatic N) is 4. The van der Waals surface area contributed by atoms with E-state index in [0.29, 0.717) is 6.42 Å². The van der Waals surface area contributed by atoms with Gasteiger partial charge in [0, 0.05) is 13.5 Å². The van der Waals surface area contributed by atoms with Gasteiger partial charge in [-0.15, -0.1) is 5.10 Å². The largest absolute Gasteiger partial charge is 0.387 e. The third kappa shape index (κ3) is 2.69. The molecule has 0 fully saturated rings. The van der Waals surface area contributed by atoms with Crippen molar-refractivity contribution < 1.29 is 5.11 Å². The number of hydrogen-bond acceptors (Lipinski definition) is 5. The van der Waals surface area contributed by atoms with Gasteiger partial charge < -0.3 is 9.67 Å². The summed E-state index contributed by atoms with van der Waals surface area (Å²) in [5.74, 6) is 0.875. The van der Waals surface area contributed by atoms with Crippen LogP contribution in [0.5, 0.6) is 0 Å². The van der Waals surface area contributed by atoms with E-state index >= 15 is 0 Å². The summed E-state index contributed by atoms with van der Waals surface area (Å²) in [5, 5.41) is 14.6. The molecule has 3 aromatic rings. The lowest BCUT2D eigenvalue weighted by Gasteiger charge is -2.09. The highest BCUT2D eigenvalue weighted by Crippen LogP contribution is 2.25. The summed E-state index contributed by atoms with van der Waals surface area (Å²) in [6.45, 7) is 2.10. The van der Waals surface area contributed by atoms with E-state index in [-0.39, 0.29) is 0 Å². The van der Waals surface area contributed by atoms with E-state index in [4.69, 9.17) is 0 Å². The average Bonchev–Trinajstić information content (AvgIpc) is 3.06. The fourth-order valence-electron chi connectivity index (χ4n) is 2.52. The maximum atomic E-state index is 10.5. The lowest BCUT2D eigenvalue weighted by atomic mass is 10.1. The molecule has 1 N–H and O–H groups in total. The predicted molar refractivity (Wildman–Crippen MR) is 83.3 cm³/mol. The maximum Gasteiger partial charge on any atom is 0.112 e. The van der Waals surface area contributed by atoms with Gasteiger partial charge in [-0.05, 0) is 30.1 Å². The van der Waals surface area contributed by atoms with Crippen LogP contribution < -0.4 is 0 Å². The van der Waals surface area contributed by atoms with Crippen LogP contribution in [-0.4, -0.2) is 24.2 Å². The molecule has 0 bridgehead atoms. The molecule has 0 amide bonds. The first-order chi connectivity index (χ1) is 10.2. The molecule has 0 radical (unpaired) electrons. The number of aromatic nitrogens is 4. The zero-order chi connectivity index (χ0) is 14.8. The Morgan fingerprint density at radius 2 is 2.14 bits per heavy atom. The zero-order valence-corrected chi connectivity index (χ0v) is 13.0. The van der Waals surface area contributed by atoms with Crippen molar-refractivity contribution in [2.45, 2.75) is 32.3 Å². The fourth-order valence-corrected chi connectivity index (χ4v) is 3.20. The van der Waals surface area contributed by atoms with Crippen molar-refractivity contribution in [1.82, 2.24) is 19.1 Å². The Bertz CT molecular complexity index is 749. The van der Waals surface area contributed by atoms with Gasteiger partial charge in [0.2, 0.25) is 0 Å². The third-order valence-corrected chi connectivity index (χ3v) is 4.50. The van der Waals surface area contributed by atoms with Gasteiger partial charge in [0.05, 0.1) is 27.7 Å². The van der Waals surface area contributed by atoms with Gasteiger partial charge in [-0.3, -0.25) is 0 Å². The number of fused-ring (bicyclic) bond motifs is 1. The number of aryl methyl sites for hydroxylation is 2. The summed E-state index contributed by atoms with van der Waals surface area (Å²) < 4.78 is 6.01. The molecule has 2 aromatic heterocycles. The van der Waals surface area contributed by atoms with Crippen molar-refractivity contribution in [1.29, 1.82) is 0 Å². The molecule has 2 heterocycles. The topological polar surface area (TPSA) is 63.8 Å². The molecule has 5 nitrogen and oxygen atoms in total. The van der Waals surface area contributed by atoms with E-state index < -0.39 is 6.10 Å². The monoisotopic (exact) mass is 302 g/mol. The van der Waals surface area contributed by atoms with Gasteiger partial charge in [-0.2, -0.15) is 0 Å². The lowest BCUT2D eigenvalue weighted by Crippen LogP contribution is -2.07. The number of benzene rings is 1. The third-order valence-electron chi connectivity index (χ3n) is 3.63. The van der Waals surface area contributed by atoms with Gasteiger partial charge in [0.15, 0.2) is 0 Å². The van der Waals surface area contributed by atoms with Gasteiger partial charge in [0.25, 0.3) is 0 Å². The molecule has 3 rings (SSSR count). The average molecular weight is 302 g/mol. The molecular formula is C15H18N4OS. The molecule has 1 unspecified atom stereocenters. The molecule has 0 aliphatic heterocycles. The second-order valence-electron chi connectivity index (χ2n) is 5.13. The van der Waals surface area contributed by atoms with Crippen LogP contribution in [0, 0.1) is 0 Å². The minimum absolute atomic E-state index is 0.478. The van der Waals surface area contributed by atoms with Crippen molar-refractivity contribution in [3.05, 3.63) is 40.7 Å². The Labute approximate surface area is 127 Å². The van der Waals surface area contributed by atoms with Crippen molar-refractivity contribution >= 4 is 22.6 Å². The number of aliphatic hydroxyl groups excluding tert-OH is 1. The smallest absolute Gasteiger partial charge is 0.112 e. The Morgan fingerprint density at radius 3 is 2.90 bits per heavy atom. The molecule has 1 aromatic carbocycles. The van der Waals surface area contributed by atoms with Crippen molar-refractivity contribution in [3.63, 3.8) is 0 Å². The number of rotatable bonds is 5. The molecule has 0 aliphatic rings. The summed E-state index contributed by atoms with van der Waals surface area (Å²) >= 11 is 1.28. The Kier molecular flexibility index (Phi) is 3.98. The molecule has 0 aliphatic carbocycles. The summed E-state index contributed by atoms with van der Waals surface area (Å²) in [6.07, 6.45) is 1.73. The Hall–Kier alpha value is -1.79. The van der Waals surface area contributed by atoms with Crippen LogP contribution in [0.15, 0.2) is 24.3 Å². The number of aliphatic hydroxyl groups is 1. The van der Waals surface area contributed by atoms with Crippen LogP contribution in [0.2, 0.25) is 0 Å². The molecule has 110 valence electrons. The quantitative estimate of drug-likeness (QED) is 0.787. The number of imidazole rings is 1. The molecule has 1 atom stereocenters. The Morgan fingerprint density at radius 1 is 1.33 bits per heavy atom. The SMILES string of the molecule is CCCc1nnsc1C(O)Cc1nc2ccccc2n1C. The van der Waals surface area contributed by atoms with E-state index in [9.17, 15) is 5.11 Å². The van der Waals surface area contributed by atoms with Crippen LogP contribution in [-0.2, 0) is 19.9 Å². The molecule has 6 heteroatoms. The highest BCUT2D eigenvalue weighted by molar-refractivity contribution is 7.05. The highest BCUT2D eigenvalue weighted by atomic mass is 32.1. The summed E-state index contributed by atoms with van der Waals surface area (Å²) in [6, 6.07) is 8.00. The summed E-state index contributed by atoms with van der Waals surface area (Å²) in [5.41, 5.74) is 2.95. The predicted octanol–water partition coefficient (Wildman–Crippen LogP) is 2.65. The van der Waals surface area contributed by atoms with Crippen LogP contribution in [0.3, 0.4) is 0 Å². The van der Waals surface area contributed by atoms with Gasteiger partial charge in [-0.1, -0.05) is 30.0 Å². The maximum absolute atomic E-state index is 10.5. The lowest BCUT2D eigenvalue weighted by molar-refractivity contribution is 0.177. The molecule has 21 heavy (non-hydrogen) atoms. The minimum Gasteiger partial charge on any atom is -0.387 e. The fraction of sp³-hybridized carbons (Fsp3) is 0.400. The van der Waals surface area contributed by atoms with Gasteiger partial charge in [0.1, 0.15) is 5.82 Å². The highest BCUT2D eigenvalue weighted by Gasteiger charge is 2.19. The first-order valence-electron chi connectivity index (χ1n) is 7.10.